The first-order chi connectivity index (χ1) is 16.8. The van der Waals surface area contributed by atoms with E-state index >= 15 is 0 Å². The minimum atomic E-state index is -1.37. The fraction of sp³-hybridized carbons (Fsp3) is 0.259. The van der Waals surface area contributed by atoms with Gasteiger partial charge in [-0.3, -0.25) is 9.59 Å². The Morgan fingerprint density at radius 1 is 1.06 bits per heavy atom. The topological polar surface area (TPSA) is 67.9 Å². The maximum atomic E-state index is 14.3. The Bertz CT molecular complexity index is 1380. The number of halogens is 2. The highest BCUT2D eigenvalue weighted by Gasteiger charge is 2.65. The van der Waals surface area contributed by atoms with Crippen LogP contribution >= 0.6 is 0 Å². The largest absolute Gasteiger partial charge is 0.497 e. The van der Waals surface area contributed by atoms with Crippen molar-refractivity contribution in [1.29, 1.82) is 0 Å². The highest BCUT2D eigenvalue weighted by Crippen LogP contribution is 2.60. The van der Waals surface area contributed by atoms with Gasteiger partial charge in [0.05, 0.1) is 31.0 Å². The fourth-order valence-corrected chi connectivity index (χ4v) is 6.01. The van der Waals surface area contributed by atoms with E-state index in [-0.39, 0.29) is 23.8 Å². The van der Waals surface area contributed by atoms with Crippen LogP contribution in [0.5, 0.6) is 11.5 Å². The van der Waals surface area contributed by atoms with Crippen LogP contribution in [0.3, 0.4) is 0 Å². The zero-order valence-corrected chi connectivity index (χ0v) is 19.0. The van der Waals surface area contributed by atoms with E-state index in [1.165, 1.54) is 4.90 Å². The van der Waals surface area contributed by atoms with Crippen LogP contribution in [0.25, 0.3) is 0 Å². The zero-order chi connectivity index (χ0) is 24.5. The monoisotopic (exact) mass is 476 g/mol. The normalized spacial score (nSPS) is 26.5. The molecule has 6 rings (SSSR count). The SMILES string of the molecule is COc1ccc2c(c1)[C@H]1[C@H](CO2)[C@H](c2ccccc2)[C@]2(C)C(=O)Nc3cc(F)c(F)cc3C(=O)N12. The number of benzene rings is 3. The molecule has 3 aromatic rings. The summed E-state index contributed by atoms with van der Waals surface area (Å²) >= 11 is 0. The third kappa shape index (κ3) is 2.92. The minimum Gasteiger partial charge on any atom is -0.497 e. The van der Waals surface area contributed by atoms with Crippen LogP contribution in [0, 0.1) is 17.6 Å². The quantitative estimate of drug-likeness (QED) is 0.584. The van der Waals surface area contributed by atoms with Crippen molar-refractivity contribution in [3.63, 3.8) is 0 Å². The second-order valence-corrected chi connectivity index (χ2v) is 9.30. The van der Waals surface area contributed by atoms with E-state index in [1.807, 2.05) is 36.4 Å². The molecule has 1 saturated heterocycles. The Hall–Kier alpha value is -3.94. The first-order valence-corrected chi connectivity index (χ1v) is 11.3. The van der Waals surface area contributed by atoms with Crippen molar-refractivity contribution in [3.8, 4) is 11.5 Å². The lowest BCUT2D eigenvalue weighted by atomic mass is 9.73. The molecule has 2 amide bonds. The lowest BCUT2D eigenvalue weighted by Gasteiger charge is -2.38. The summed E-state index contributed by atoms with van der Waals surface area (Å²) in [6.45, 7) is 2.00. The Morgan fingerprint density at radius 3 is 2.54 bits per heavy atom. The number of hydrogen-bond donors (Lipinski definition) is 1. The highest BCUT2D eigenvalue weighted by atomic mass is 19.2. The summed E-state index contributed by atoms with van der Waals surface area (Å²) in [4.78, 5) is 29.5. The molecule has 0 radical (unpaired) electrons. The molecule has 0 bridgehead atoms. The molecule has 1 fully saturated rings. The Balaban J connectivity index is 1.63. The minimum absolute atomic E-state index is 0.0455. The van der Waals surface area contributed by atoms with Gasteiger partial charge in [0, 0.05) is 23.5 Å². The van der Waals surface area contributed by atoms with Gasteiger partial charge in [0.1, 0.15) is 17.0 Å². The molecule has 178 valence electrons. The van der Waals surface area contributed by atoms with E-state index in [2.05, 4.69) is 5.32 Å². The first kappa shape index (κ1) is 21.6. The summed E-state index contributed by atoms with van der Waals surface area (Å²) in [6.07, 6.45) is 0. The number of nitrogens with zero attached hydrogens (tertiary/aromatic N) is 1. The van der Waals surface area contributed by atoms with Gasteiger partial charge in [-0.25, -0.2) is 8.78 Å². The maximum absolute atomic E-state index is 14.3. The average molecular weight is 476 g/mol. The van der Waals surface area contributed by atoms with E-state index in [0.717, 1.165) is 17.7 Å². The molecular weight excluding hydrogens is 454 g/mol. The van der Waals surface area contributed by atoms with Gasteiger partial charge in [0.15, 0.2) is 11.6 Å². The number of anilines is 1. The molecule has 0 unspecified atom stereocenters. The van der Waals surface area contributed by atoms with Gasteiger partial charge < -0.3 is 19.7 Å². The molecule has 0 saturated carbocycles. The van der Waals surface area contributed by atoms with Crippen molar-refractivity contribution >= 4 is 17.5 Å². The Morgan fingerprint density at radius 2 is 1.80 bits per heavy atom. The summed E-state index contributed by atoms with van der Waals surface area (Å²) in [5.41, 5.74) is 0.0692. The van der Waals surface area contributed by atoms with Crippen LogP contribution in [-0.4, -0.2) is 36.0 Å². The lowest BCUT2D eigenvalue weighted by molar-refractivity contribution is -0.125. The number of ether oxygens (including phenoxy) is 2. The second kappa shape index (κ2) is 7.53. The summed E-state index contributed by atoms with van der Waals surface area (Å²) in [5, 5.41) is 2.72. The number of nitrogens with one attached hydrogen (secondary N) is 1. The summed E-state index contributed by atoms with van der Waals surface area (Å²) in [7, 11) is 1.55. The van der Waals surface area contributed by atoms with Crippen LogP contribution in [-0.2, 0) is 4.79 Å². The zero-order valence-electron chi connectivity index (χ0n) is 19.0. The third-order valence-electron chi connectivity index (χ3n) is 7.56. The molecule has 0 spiro atoms. The number of carbonyl (C=O) groups is 2. The van der Waals surface area contributed by atoms with Gasteiger partial charge in [0.25, 0.3) is 11.8 Å². The van der Waals surface area contributed by atoms with Crippen LogP contribution in [0.4, 0.5) is 14.5 Å². The Labute approximate surface area is 200 Å². The van der Waals surface area contributed by atoms with E-state index < -0.39 is 40.9 Å². The molecule has 0 aromatic heterocycles. The fourth-order valence-electron chi connectivity index (χ4n) is 6.01. The molecule has 3 aromatic carbocycles. The number of methoxy groups -OCH3 is 1. The molecule has 8 heteroatoms. The number of amides is 2. The third-order valence-corrected chi connectivity index (χ3v) is 7.56. The van der Waals surface area contributed by atoms with E-state index in [0.29, 0.717) is 17.1 Å². The molecule has 3 aliphatic heterocycles. The second-order valence-electron chi connectivity index (χ2n) is 9.30. The summed E-state index contributed by atoms with van der Waals surface area (Å²) in [5.74, 6) is -2.86. The summed E-state index contributed by atoms with van der Waals surface area (Å²) < 4.78 is 39.9. The number of hydrogen-bond acceptors (Lipinski definition) is 4. The lowest BCUT2D eigenvalue weighted by Crippen LogP contribution is -2.54. The molecule has 1 N–H and O–H groups in total. The molecule has 6 nitrogen and oxygen atoms in total. The van der Waals surface area contributed by atoms with Crippen molar-refractivity contribution in [2.45, 2.75) is 24.4 Å². The van der Waals surface area contributed by atoms with Crippen molar-refractivity contribution in [2.75, 3.05) is 19.0 Å². The van der Waals surface area contributed by atoms with Gasteiger partial charge in [-0.2, -0.15) is 0 Å². The van der Waals surface area contributed by atoms with E-state index in [1.54, 1.807) is 26.2 Å². The Kier molecular flexibility index (Phi) is 4.64. The number of fused-ring (bicyclic) bond motifs is 6. The van der Waals surface area contributed by atoms with Crippen molar-refractivity contribution in [1.82, 2.24) is 4.90 Å². The van der Waals surface area contributed by atoms with Crippen LogP contribution in [0.15, 0.2) is 60.7 Å². The van der Waals surface area contributed by atoms with Crippen LogP contribution in [0.1, 0.15) is 40.4 Å². The van der Waals surface area contributed by atoms with E-state index in [4.69, 9.17) is 9.47 Å². The standard InChI is InChI=1S/C27H22F2N2O4/c1-27-23(14-6-4-3-5-7-14)18-13-35-22-9-8-15(34-2)10-17(22)24(18)31(27)25(32)16-11-19(28)20(29)12-21(16)30-26(27)33/h3-12,18,23-24H,13H2,1-2H3,(H,30,33)/t18-,23+,24+,27-/m1/s1. The van der Waals surface area contributed by atoms with Gasteiger partial charge in [-0.1, -0.05) is 30.3 Å². The van der Waals surface area contributed by atoms with Crippen LogP contribution in [0.2, 0.25) is 0 Å². The first-order valence-electron chi connectivity index (χ1n) is 11.3. The van der Waals surface area contributed by atoms with Crippen molar-refractivity contribution in [3.05, 3.63) is 89.0 Å². The van der Waals surface area contributed by atoms with Crippen molar-refractivity contribution in [2.24, 2.45) is 5.92 Å². The van der Waals surface area contributed by atoms with Gasteiger partial charge in [-0.15, -0.1) is 0 Å². The molecular formula is C27H22F2N2O4. The van der Waals surface area contributed by atoms with Gasteiger partial charge >= 0.3 is 0 Å². The molecule has 3 heterocycles. The van der Waals surface area contributed by atoms with Crippen LogP contribution < -0.4 is 14.8 Å². The number of rotatable bonds is 2. The summed E-state index contributed by atoms with van der Waals surface area (Å²) in [6, 6.07) is 16.0. The molecule has 0 aliphatic carbocycles. The highest BCUT2D eigenvalue weighted by molar-refractivity contribution is 6.12. The molecule has 4 atom stereocenters. The maximum Gasteiger partial charge on any atom is 0.257 e. The predicted octanol–water partition coefficient (Wildman–Crippen LogP) is 4.67. The predicted molar refractivity (Wildman–Crippen MR) is 123 cm³/mol. The van der Waals surface area contributed by atoms with E-state index in [9.17, 15) is 18.4 Å². The van der Waals surface area contributed by atoms with Gasteiger partial charge in [-0.05, 0) is 36.8 Å². The van der Waals surface area contributed by atoms with Gasteiger partial charge in [0.2, 0.25) is 0 Å². The average Bonchev–Trinajstić information content (AvgIpc) is 3.11. The van der Waals surface area contributed by atoms with Crippen molar-refractivity contribution < 1.29 is 27.8 Å². The molecule has 3 aliphatic rings. The molecule has 35 heavy (non-hydrogen) atoms. The number of carbonyl (C=O) groups excluding carboxylic acids is 2. The smallest absolute Gasteiger partial charge is 0.257 e.